The molecule has 1 aliphatic rings. The third kappa shape index (κ3) is 3.14. The van der Waals surface area contributed by atoms with Gasteiger partial charge in [0.15, 0.2) is 0 Å². The van der Waals surface area contributed by atoms with Gasteiger partial charge in [0.05, 0.1) is 33.8 Å². The quantitative estimate of drug-likeness (QED) is 0.260. The van der Waals surface area contributed by atoms with Crippen molar-refractivity contribution < 1.29 is 0 Å². The zero-order valence-corrected chi connectivity index (χ0v) is 19.9. The molecule has 0 radical (unpaired) electrons. The minimum absolute atomic E-state index is 0.945. The van der Waals surface area contributed by atoms with Crippen molar-refractivity contribution >= 4 is 21.8 Å². The standard InChI is InChI=1S/C34H21N3/c1-2-8-21(9-3-1)24-19-31-23-11-4-10-22(18-23)29-16-7-17-30(35-29)27-14-5-12-25-26-13-6-15-28(32(20-24)36-31)34(26)37-33(25)27/h1-20,37H. The molecule has 0 fully saturated rings. The van der Waals surface area contributed by atoms with Gasteiger partial charge in [-0.3, -0.25) is 0 Å². The van der Waals surface area contributed by atoms with Crippen molar-refractivity contribution in [2.75, 3.05) is 0 Å². The van der Waals surface area contributed by atoms with Gasteiger partial charge in [0, 0.05) is 33.0 Å². The van der Waals surface area contributed by atoms with Crippen molar-refractivity contribution in [3.63, 3.8) is 0 Å². The molecule has 3 heteroatoms. The van der Waals surface area contributed by atoms with Crippen LogP contribution in [0.3, 0.4) is 0 Å². The lowest BCUT2D eigenvalue weighted by Gasteiger charge is -2.12. The monoisotopic (exact) mass is 471 g/mol. The van der Waals surface area contributed by atoms with E-state index in [9.17, 15) is 0 Å². The summed E-state index contributed by atoms with van der Waals surface area (Å²) >= 11 is 0. The molecule has 1 aliphatic heterocycles. The normalized spacial score (nSPS) is 11.8. The van der Waals surface area contributed by atoms with Crippen LogP contribution < -0.4 is 0 Å². The van der Waals surface area contributed by atoms with E-state index < -0.39 is 0 Å². The molecule has 3 nitrogen and oxygen atoms in total. The van der Waals surface area contributed by atoms with E-state index in [1.165, 1.54) is 16.3 Å². The van der Waals surface area contributed by atoms with Crippen LogP contribution in [0.25, 0.3) is 78.0 Å². The van der Waals surface area contributed by atoms with E-state index >= 15 is 0 Å². The number of hydrogen-bond acceptors (Lipinski definition) is 2. The van der Waals surface area contributed by atoms with Gasteiger partial charge >= 0.3 is 0 Å². The number of pyridine rings is 2. The lowest BCUT2D eigenvalue weighted by atomic mass is 9.98. The van der Waals surface area contributed by atoms with E-state index in [1.54, 1.807) is 0 Å². The van der Waals surface area contributed by atoms with Crippen LogP contribution in [-0.4, -0.2) is 15.0 Å². The van der Waals surface area contributed by atoms with Gasteiger partial charge < -0.3 is 4.98 Å². The van der Waals surface area contributed by atoms with Crippen molar-refractivity contribution in [1.29, 1.82) is 0 Å². The Labute approximate surface area is 214 Å². The summed E-state index contributed by atoms with van der Waals surface area (Å²) in [5, 5.41) is 2.38. The molecule has 37 heavy (non-hydrogen) atoms. The average molecular weight is 472 g/mol. The number of nitrogens with one attached hydrogen (secondary N) is 1. The number of rotatable bonds is 1. The van der Waals surface area contributed by atoms with E-state index in [0.29, 0.717) is 0 Å². The highest BCUT2D eigenvalue weighted by molar-refractivity contribution is 6.15. The maximum absolute atomic E-state index is 5.23. The van der Waals surface area contributed by atoms with Gasteiger partial charge in [0.25, 0.3) is 0 Å². The van der Waals surface area contributed by atoms with Gasteiger partial charge in [0.1, 0.15) is 0 Å². The highest BCUT2D eigenvalue weighted by atomic mass is 14.8. The molecule has 0 amide bonds. The molecule has 8 rings (SSSR count). The lowest BCUT2D eigenvalue weighted by Crippen LogP contribution is -1.93. The third-order valence-corrected chi connectivity index (χ3v) is 7.36. The fraction of sp³-hybridized carbons (Fsp3) is 0. The molecule has 3 aromatic heterocycles. The smallest absolute Gasteiger partial charge is 0.0736 e. The predicted molar refractivity (Wildman–Crippen MR) is 152 cm³/mol. The van der Waals surface area contributed by atoms with Crippen LogP contribution in [0, 0.1) is 0 Å². The molecule has 4 heterocycles. The molecule has 0 spiro atoms. The summed E-state index contributed by atoms with van der Waals surface area (Å²) in [5.74, 6) is 0. The predicted octanol–water partition coefficient (Wildman–Crippen LogP) is 8.76. The number of benzene rings is 4. The van der Waals surface area contributed by atoms with Crippen molar-refractivity contribution in [1.82, 2.24) is 15.0 Å². The second kappa shape index (κ2) is 7.74. The largest absolute Gasteiger partial charge is 0.353 e. The van der Waals surface area contributed by atoms with Gasteiger partial charge in [-0.2, -0.15) is 0 Å². The molecule has 172 valence electrons. The van der Waals surface area contributed by atoms with Crippen LogP contribution in [0.2, 0.25) is 0 Å². The number of para-hydroxylation sites is 2. The van der Waals surface area contributed by atoms with Crippen LogP contribution >= 0.6 is 0 Å². The zero-order chi connectivity index (χ0) is 24.3. The summed E-state index contributed by atoms with van der Waals surface area (Å²) in [5.41, 5.74) is 12.7. The van der Waals surface area contributed by atoms with Crippen molar-refractivity contribution in [3.05, 3.63) is 121 Å². The van der Waals surface area contributed by atoms with Crippen LogP contribution in [0.4, 0.5) is 0 Å². The number of hydrogen-bond donors (Lipinski definition) is 1. The summed E-state index contributed by atoms with van der Waals surface area (Å²) < 4.78 is 0. The molecular weight excluding hydrogens is 450 g/mol. The molecule has 0 atom stereocenters. The van der Waals surface area contributed by atoms with Gasteiger partial charge in [0.2, 0.25) is 0 Å². The zero-order valence-electron chi connectivity index (χ0n) is 19.9. The highest BCUT2D eigenvalue weighted by Crippen LogP contribution is 2.39. The van der Waals surface area contributed by atoms with E-state index in [0.717, 1.165) is 61.6 Å². The first kappa shape index (κ1) is 20.2. The van der Waals surface area contributed by atoms with Crippen molar-refractivity contribution in [3.8, 4) is 56.2 Å². The Hall–Kier alpha value is -5.02. The Morgan fingerprint density at radius 3 is 1.73 bits per heavy atom. The van der Waals surface area contributed by atoms with E-state index in [1.807, 2.05) is 0 Å². The first-order valence-electron chi connectivity index (χ1n) is 12.5. The molecule has 0 saturated heterocycles. The second-order valence-electron chi connectivity index (χ2n) is 9.56. The minimum Gasteiger partial charge on any atom is -0.353 e. The number of H-pyrrole nitrogens is 1. The summed E-state index contributed by atoms with van der Waals surface area (Å²) in [6.07, 6.45) is 0. The fourth-order valence-corrected chi connectivity index (χ4v) is 5.57. The highest BCUT2D eigenvalue weighted by Gasteiger charge is 2.17. The lowest BCUT2D eigenvalue weighted by molar-refractivity contribution is 1.30. The molecule has 0 unspecified atom stereocenters. The van der Waals surface area contributed by atoms with Crippen LogP contribution in [0.5, 0.6) is 0 Å². The van der Waals surface area contributed by atoms with Gasteiger partial charge in [-0.15, -0.1) is 0 Å². The Balaban J connectivity index is 1.54. The molecule has 7 aromatic rings. The minimum atomic E-state index is 0.945. The van der Waals surface area contributed by atoms with Crippen molar-refractivity contribution in [2.45, 2.75) is 0 Å². The summed E-state index contributed by atoms with van der Waals surface area (Å²) in [6, 6.07) is 42.7. The van der Waals surface area contributed by atoms with E-state index in [-0.39, 0.29) is 0 Å². The van der Waals surface area contributed by atoms with E-state index in [2.05, 4.69) is 126 Å². The van der Waals surface area contributed by atoms with Crippen LogP contribution in [-0.2, 0) is 0 Å². The Bertz CT molecular complexity index is 1980. The van der Waals surface area contributed by atoms with Crippen LogP contribution in [0.15, 0.2) is 121 Å². The molecule has 0 aliphatic carbocycles. The van der Waals surface area contributed by atoms with Crippen molar-refractivity contribution in [2.24, 2.45) is 0 Å². The Morgan fingerprint density at radius 2 is 0.946 bits per heavy atom. The fourth-order valence-electron chi connectivity index (χ4n) is 5.57. The maximum Gasteiger partial charge on any atom is 0.0736 e. The first-order valence-corrected chi connectivity index (χ1v) is 12.5. The number of fused-ring (bicyclic) bond motifs is 11. The topological polar surface area (TPSA) is 41.6 Å². The molecule has 0 saturated carbocycles. The van der Waals surface area contributed by atoms with Gasteiger partial charge in [-0.05, 0) is 41.5 Å². The molecule has 4 aromatic carbocycles. The van der Waals surface area contributed by atoms with E-state index in [4.69, 9.17) is 9.97 Å². The Kier molecular flexibility index (Phi) is 4.23. The molecular formula is C34H21N3. The summed E-state index contributed by atoms with van der Waals surface area (Å²) in [4.78, 5) is 14.1. The average Bonchev–Trinajstić information content (AvgIpc) is 3.36. The molecule has 1 N–H and O–H groups in total. The maximum atomic E-state index is 5.23. The SMILES string of the molecule is c1ccc(-c2cc3nc(c2)-c2cccc4c2[nH]c2c(cccc24)-c2cccc(n2)-c2cccc-3c2)cc1. The molecule has 8 bridgehead atoms. The second-order valence-corrected chi connectivity index (χ2v) is 9.56. The van der Waals surface area contributed by atoms with Gasteiger partial charge in [-0.25, -0.2) is 9.97 Å². The Morgan fingerprint density at radius 1 is 0.378 bits per heavy atom. The number of aromatic nitrogens is 3. The third-order valence-electron chi connectivity index (χ3n) is 7.36. The van der Waals surface area contributed by atoms with Crippen LogP contribution in [0.1, 0.15) is 0 Å². The van der Waals surface area contributed by atoms with Gasteiger partial charge in [-0.1, -0.05) is 91.0 Å². The summed E-state index contributed by atoms with van der Waals surface area (Å²) in [6.45, 7) is 0. The number of nitrogens with zero attached hydrogens (tertiary/aromatic N) is 2. The number of aromatic amines is 1. The summed E-state index contributed by atoms with van der Waals surface area (Å²) in [7, 11) is 0. The first-order chi connectivity index (χ1) is 18.3.